The second-order valence-corrected chi connectivity index (χ2v) is 4.81. The summed E-state index contributed by atoms with van der Waals surface area (Å²) in [5, 5.41) is 5.95. The van der Waals surface area contributed by atoms with Crippen molar-refractivity contribution in [3.05, 3.63) is 54.0 Å². The average molecular weight is 300 g/mol. The summed E-state index contributed by atoms with van der Waals surface area (Å²) in [6, 6.07) is 10.2. The van der Waals surface area contributed by atoms with E-state index in [4.69, 9.17) is 4.74 Å². The summed E-state index contributed by atoms with van der Waals surface area (Å²) in [5.74, 6) is 0.372. The van der Waals surface area contributed by atoms with E-state index in [0.717, 1.165) is 5.56 Å². The normalized spacial score (nSPS) is 11.7. The van der Waals surface area contributed by atoms with Gasteiger partial charge in [0.1, 0.15) is 11.5 Å². The molecule has 0 aliphatic heterocycles. The molecule has 0 radical (unpaired) electrons. The fraction of sp³-hybridized carbons (Fsp3) is 0.312. The SMILES string of the molecule is COCCNC(=O)c1cnc(NC(C)c2ccccc2)cn1. The number of aromatic nitrogens is 2. The first-order valence-corrected chi connectivity index (χ1v) is 7.11. The Kier molecular flexibility index (Phi) is 5.85. The number of amides is 1. The van der Waals surface area contributed by atoms with Gasteiger partial charge < -0.3 is 15.4 Å². The number of nitrogens with zero attached hydrogens (tertiary/aromatic N) is 2. The fourth-order valence-corrected chi connectivity index (χ4v) is 1.92. The van der Waals surface area contributed by atoms with Crippen molar-refractivity contribution in [2.45, 2.75) is 13.0 Å². The van der Waals surface area contributed by atoms with Crippen LogP contribution in [-0.2, 0) is 4.74 Å². The second kappa shape index (κ2) is 8.09. The molecule has 2 N–H and O–H groups in total. The molecule has 0 saturated carbocycles. The molecule has 1 amide bonds. The first kappa shape index (κ1) is 15.9. The predicted molar refractivity (Wildman–Crippen MR) is 84.7 cm³/mol. The van der Waals surface area contributed by atoms with Gasteiger partial charge in [-0.2, -0.15) is 0 Å². The molecule has 1 heterocycles. The van der Waals surface area contributed by atoms with E-state index in [0.29, 0.717) is 19.0 Å². The molecule has 116 valence electrons. The number of carbonyl (C=O) groups excluding carboxylic acids is 1. The van der Waals surface area contributed by atoms with Crippen LogP contribution in [0.1, 0.15) is 29.0 Å². The highest BCUT2D eigenvalue weighted by atomic mass is 16.5. The molecule has 1 aromatic carbocycles. The topological polar surface area (TPSA) is 76.1 Å². The van der Waals surface area contributed by atoms with E-state index in [-0.39, 0.29) is 17.6 Å². The molecule has 0 spiro atoms. The maximum atomic E-state index is 11.8. The van der Waals surface area contributed by atoms with Crippen LogP contribution in [-0.4, -0.2) is 36.1 Å². The minimum Gasteiger partial charge on any atom is -0.383 e. The maximum Gasteiger partial charge on any atom is 0.271 e. The third-order valence-electron chi connectivity index (χ3n) is 3.14. The quantitative estimate of drug-likeness (QED) is 0.765. The van der Waals surface area contributed by atoms with Crippen LogP contribution in [0, 0.1) is 0 Å². The molecular formula is C16H20N4O2. The van der Waals surface area contributed by atoms with E-state index < -0.39 is 0 Å². The van der Waals surface area contributed by atoms with Gasteiger partial charge in [-0.15, -0.1) is 0 Å². The Bertz CT molecular complexity index is 587. The van der Waals surface area contributed by atoms with Gasteiger partial charge in [0.2, 0.25) is 0 Å². The Morgan fingerprint density at radius 3 is 2.64 bits per heavy atom. The van der Waals surface area contributed by atoms with Crippen molar-refractivity contribution in [1.29, 1.82) is 0 Å². The fourth-order valence-electron chi connectivity index (χ4n) is 1.92. The first-order chi connectivity index (χ1) is 10.7. The Hall–Kier alpha value is -2.47. The molecule has 0 aliphatic rings. The van der Waals surface area contributed by atoms with E-state index in [1.807, 2.05) is 37.3 Å². The zero-order valence-corrected chi connectivity index (χ0v) is 12.7. The van der Waals surface area contributed by atoms with Crippen LogP contribution in [0.25, 0.3) is 0 Å². The zero-order valence-electron chi connectivity index (χ0n) is 12.7. The van der Waals surface area contributed by atoms with E-state index in [1.54, 1.807) is 13.3 Å². The largest absolute Gasteiger partial charge is 0.383 e. The van der Waals surface area contributed by atoms with Gasteiger partial charge in [0.25, 0.3) is 5.91 Å². The Labute approximate surface area is 129 Å². The molecule has 2 aromatic rings. The lowest BCUT2D eigenvalue weighted by Crippen LogP contribution is -2.27. The van der Waals surface area contributed by atoms with E-state index >= 15 is 0 Å². The number of hydrogen-bond donors (Lipinski definition) is 2. The van der Waals surface area contributed by atoms with Crippen molar-refractivity contribution < 1.29 is 9.53 Å². The lowest BCUT2D eigenvalue weighted by molar-refractivity contribution is 0.0932. The van der Waals surface area contributed by atoms with Crippen LogP contribution in [0.2, 0.25) is 0 Å². The minimum atomic E-state index is -0.257. The van der Waals surface area contributed by atoms with Crippen LogP contribution >= 0.6 is 0 Å². The molecule has 6 nitrogen and oxygen atoms in total. The molecule has 1 unspecified atom stereocenters. The standard InChI is InChI=1S/C16H20N4O2/c1-12(13-6-4-3-5-7-13)20-15-11-18-14(10-19-15)16(21)17-8-9-22-2/h3-7,10-12H,8-9H2,1-2H3,(H,17,21)(H,19,20). The molecule has 0 saturated heterocycles. The summed E-state index contributed by atoms with van der Waals surface area (Å²) in [5.41, 5.74) is 1.44. The third kappa shape index (κ3) is 4.53. The molecular weight excluding hydrogens is 280 g/mol. The smallest absolute Gasteiger partial charge is 0.271 e. The van der Waals surface area contributed by atoms with E-state index in [9.17, 15) is 4.79 Å². The number of rotatable bonds is 7. The van der Waals surface area contributed by atoms with Gasteiger partial charge >= 0.3 is 0 Å². The summed E-state index contributed by atoms with van der Waals surface area (Å²) in [7, 11) is 1.58. The molecule has 1 aromatic heterocycles. The van der Waals surface area contributed by atoms with Crippen LogP contribution in [0.5, 0.6) is 0 Å². The average Bonchev–Trinajstić information content (AvgIpc) is 2.56. The number of nitrogens with one attached hydrogen (secondary N) is 2. The van der Waals surface area contributed by atoms with Crippen molar-refractivity contribution in [3.63, 3.8) is 0 Å². The molecule has 2 rings (SSSR count). The number of methoxy groups -OCH3 is 1. The number of carbonyl (C=O) groups is 1. The van der Waals surface area contributed by atoms with Gasteiger partial charge in [-0.25, -0.2) is 9.97 Å². The monoisotopic (exact) mass is 300 g/mol. The zero-order chi connectivity index (χ0) is 15.8. The van der Waals surface area contributed by atoms with Gasteiger partial charge in [0, 0.05) is 19.7 Å². The van der Waals surface area contributed by atoms with Gasteiger partial charge in [-0.3, -0.25) is 4.79 Å². The predicted octanol–water partition coefficient (Wildman–Crippen LogP) is 2.03. The summed E-state index contributed by atoms with van der Waals surface area (Å²) >= 11 is 0. The summed E-state index contributed by atoms with van der Waals surface area (Å²) in [4.78, 5) is 20.1. The highest BCUT2D eigenvalue weighted by molar-refractivity contribution is 5.91. The maximum absolute atomic E-state index is 11.8. The van der Waals surface area contributed by atoms with Gasteiger partial charge in [0.15, 0.2) is 0 Å². The summed E-state index contributed by atoms with van der Waals surface area (Å²) < 4.78 is 4.87. The molecule has 0 fully saturated rings. The molecule has 6 heteroatoms. The number of ether oxygens (including phenoxy) is 1. The van der Waals surface area contributed by atoms with Gasteiger partial charge in [-0.1, -0.05) is 30.3 Å². The van der Waals surface area contributed by atoms with Crippen molar-refractivity contribution in [1.82, 2.24) is 15.3 Å². The number of hydrogen-bond acceptors (Lipinski definition) is 5. The van der Waals surface area contributed by atoms with Crippen LogP contribution in [0.3, 0.4) is 0 Å². The highest BCUT2D eigenvalue weighted by Gasteiger charge is 2.09. The lowest BCUT2D eigenvalue weighted by Gasteiger charge is -2.14. The first-order valence-electron chi connectivity index (χ1n) is 7.11. The van der Waals surface area contributed by atoms with Crippen LogP contribution < -0.4 is 10.6 Å². The van der Waals surface area contributed by atoms with Crippen LogP contribution in [0.4, 0.5) is 5.82 Å². The Morgan fingerprint density at radius 1 is 1.23 bits per heavy atom. The summed E-state index contributed by atoms with van der Waals surface area (Å²) in [6.45, 7) is 2.96. The second-order valence-electron chi connectivity index (χ2n) is 4.81. The lowest BCUT2D eigenvalue weighted by atomic mass is 10.1. The van der Waals surface area contributed by atoms with Crippen molar-refractivity contribution in [3.8, 4) is 0 Å². The molecule has 0 bridgehead atoms. The van der Waals surface area contributed by atoms with Crippen molar-refractivity contribution in [2.24, 2.45) is 0 Å². The highest BCUT2D eigenvalue weighted by Crippen LogP contribution is 2.16. The van der Waals surface area contributed by atoms with E-state index in [1.165, 1.54) is 6.20 Å². The molecule has 22 heavy (non-hydrogen) atoms. The molecule has 1 atom stereocenters. The summed E-state index contributed by atoms with van der Waals surface area (Å²) in [6.07, 6.45) is 3.02. The van der Waals surface area contributed by atoms with Crippen molar-refractivity contribution in [2.75, 3.05) is 25.6 Å². The number of anilines is 1. The Balaban J connectivity index is 1.93. The van der Waals surface area contributed by atoms with E-state index in [2.05, 4.69) is 20.6 Å². The molecule has 0 aliphatic carbocycles. The minimum absolute atomic E-state index is 0.108. The number of benzene rings is 1. The van der Waals surface area contributed by atoms with Gasteiger partial charge in [0.05, 0.1) is 19.0 Å². The van der Waals surface area contributed by atoms with Crippen molar-refractivity contribution >= 4 is 11.7 Å². The Morgan fingerprint density at radius 2 is 2.00 bits per heavy atom. The van der Waals surface area contributed by atoms with Gasteiger partial charge in [-0.05, 0) is 12.5 Å². The van der Waals surface area contributed by atoms with Crippen LogP contribution in [0.15, 0.2) is 42.7 Å². The third-order valence-corrected chi connectivity index (χ3v) is 3.14.